The number of rotatable bonds is 3. The summed E-state index contributed by atoms with van der Waals surface area (Å²) >= 11 is 0. The molecule has 2 heterocycles. The van der Waals surface area contributed by atoms with E-state index in [9.17, 15) is 18.0 Å². The van der Waals surface area contributed by atoms with Crippen molar-refractivity contribution >= 4 is 11.6 Å². The number of carbonyl (C=O) groups is 1. The predicted molar refractivity (Wildman–Crippen MR) is 97.6 cm³/mol. The Morgan fingerprint density at radius 2 is 1.96 bits per heavy atom. The Bertz CT molecular complexity index is 1110. The second kappa shape index (κ2) is 6.68. The van der Waals surface area contributed by atoms with Crippen molar-refractivity contribution in [2.75, 3.05) is 0 Å². The van der Waals surface area contributed by atoms with Gasteiger partial charge in [-0.2, -0.15) is 13.2 Å². The monoisotopic (exact) mass is 386 g/mol. The van der Waals surface area contributed by atoms with Gasteiger partial charge in [-0.3, -0.25) is 9.20 Å². The molecule has 0 aliphatic heterocycles. The van der Waals surface area contributed by atoms with Gasteiger partial charge >= 0.3 is 6.18 Å². The van der Waals surface area contributed by atoms with Gasteiger partial charge in [0.25, 0.3) is 5.91 Å². The van der Waals surface area contributed by atoms with Crippen LogP contribution in [-0.4, -0.2) is 20.3 Å². The number of imidazole rings is 1. The maximum absolute atomic E-state index is 13.1. The number of alkyl halides is 3. The summed E-state index contributed by atoms with van der Waals surface area (Å²) in [7, 11) is 0. The minimum atomic E-state index is -4.63. The van der Waals surface area contributed by atoms with Crippen molar-refractivity contribution in [1.29, 1.82) is 0 Å². The lowest BCUT2D eigenvalue weighted by Gasteiger charge is -2.26. The van der Waals surface area contributed by atoms with Gasteiger partial charge in [0, 0.05) is 11.3 Å². The third-order valence-corrected chi connectivity index (χ3v) is 4.38. The van der Waals surface area contributed by atoms with Crippen LogP contribution in [0.1, 0.15) is 46.9 Å². The van der Waals surface area contributed by atoms with Crippen LogP contribution in [0.2, 0.25) is 0 Å². The normalized spacial score (nSPS) is 12.0. The first-order valence-electron chi connectivity index (χ1n) is 8.34. The molecule has 0 aliphatic carbocycles. The average Bonchev–Trinajstić information content (AvgIpc) is 3.05. The highest BCUT2D eigenvalue weighted by atomic mass is 19.4. The minimum absolute atomic E-state index is 0.155. The fourth-order valence-corrected chi connectivity index (χ4v) is 2.84. The standard InChI is InChI=1S/C20H17F3N4O/c1-5-13-7-6-8-14(10-13)19(3,4)26-18(28)16-17-25-15(20(21,22)23)9-12(2)27(17)11-24-16/h1,6-11H,2-4H3,(H,26,28). The van der Waals surface area contributed by atoms with Gasteiger partial charge < -0.3 is 5.32 Å². The molecule has 0 fully saturated rings. The highest BCUT2D eigenvalue weighted by Crippen LogP contribution is 2.29. The number of halogens is 3. The zero-order chi connectivity index (χ0) is 20.7. The van der Waals surface area contributed by atoms with Gasteiger partial charge in [-0.05, 0) is 44.5 Å². The van der Waals surface area contributed by atoms with Crippen LogP contribution < -0.4 is 5.32 Å². The first kappa shape index (κ1) is 19.4. The molecule has 0 atom stereocenters. The smallest absolute Gasteiger partial charge is 0.342 e. The molecule has 0 aliphatic rings. The van der Waals surface area contributed by atoms with E-state index < -0.39 is 23.3 Å². The zero-order valence-electron chi connectivity index (χ0n) is 15.4. The molecule has 5 nitrogen and oxygen atoms in total. The molecule has 1 aromatic carbocycles. The Balaban J connectivity index is 1.99. The average molecular weight is 386 g/mol. The van der Waals surface area contributed by atoms with Gasteiger partial charge in [-0.25, -0.2) is 9.97 Å². The van der Waals surface area contributed by atoms with Gasteiger partial charge in [0.05, 0.1) is 5.54 Å². The van der Waals surface area contributed by atoms with Crippen molar-refractivity contribution in [2.45, 2.75) is 32.5 Å². The third kappa shape index (κ3) is 3.56. The van der Waals surface area contributed by atoms with Crippen LogP contribution >= 0.6 is 0 Å². The van der Waals surface area contributed by atoms with Crippen LogP contribution in [0.3, 0.4) is 0 Å². The largest absolute Gasteiger partial charge is 0.433 e. The molecule has 3 aromatic rings. The first-order valence-corrected chi connectivity index (χ1v) is 8.34. The molecular formula is C20H17F3N4O. The van der Waals surface area contributed by atoms with Crippen LogP contribution in [0.15, 0.2) is 36.7 Å². The van der Waals surface area contributed by atoms with Crippen molar-refractivity contribution in [3.8, 4) is 12.3 Å². The summed E-state index contributed by atoms with van der Waals surface area (Å²) in [6.45, 7) is 5.01. The highest BCUT2D eigenvalue weighted by Gasteiger charge is 2.34. The molecule has 8 heteroatoms. The molecule has 144 valence electrons. The number of amides is 1. The van der Waals surface area contributed by atoms with E-state index in [1.165, 1.54) is 17.7 Å². The first-order chi connectivity index (χ1) is 13.0. The van der Waals surface area contributed by atoms with Gasteiger partial charge in [0.2, 0.25) is 0 Å². The maximum atomic E-state index is 13.1. The van der Waals surface area contributed by atoms with Crippen LogP contribution in [0.4, 0.5) is 13.2 Å². The number of fused-ring (bicyclic) bond motifs is 1. The number of aryl methyl sites for hydroxylation is 1. The summed E-state index contributed by atoms with van der Waals surface area (Å²) in [6, 6.07) is 8.00. The molecule has 3 rings (SSSR count). The number of hydrogen-bond donors (Lipinski definition) is 1. The van der Waals surface area contributed by atoms with E-state index in [1.54, 1.807) is 38.1 Å². The van der Waals surface area contributed by atoms with Gasteiger partial charge in [-0.15, -0.1) is 6.42 Å². The lowest BCUT2D eigenvalue weighted by molar-refractivity contribution is -0.141. The fourth-order valence-electron chi connectivity index (χ4n) is 2.84. The molecule has 1 N–H and O–H groups in total. The minimum Gasteiger partial charge on any atom is -0.342 e. The molecular weight excluding hydrogens is 369 g/mol. The quantitative estimate of drug-likeness (QED) is 0.699. The summed E-state index contributed by atoms with van der Waals surface area (Å²) in [6.07, 6.45) is 2.07. The number of hydrogen-bond acceptors (Lipinski definition) is 3. The van der Waals surface area contributed by atoms with E-state index in [2.05, 4.69) is 21.2 Å². The molecule has 0 bridgehead atoms. The summed E-state index contributed by atoms with van der Waals surface area (Å²) in [5.41, 5.74) is -0.582. The molecule has 0 saturated carbocycles. The van der Waals surface area contributed by atoms with Crippen LogP contribution in [0.25, 0.3) is 5.65 Å². The second-order valence-corrected chi connectivity index (χ2v) is 6.87. The Morgan fingerprint density at radius 1 is 1.25 bits per heavy atom. The highest BCUT2D eigenvalue weighted by molar-refractivity contribution is 5.98. The lowest BCUT2D eigenvalue weighted by atomic mass is 9.92. The Morgan fingerprint density at radius 3 is 2.61 bits per heavy atom. The topological polar surface area (TPSA) is 59.3 Å². The Kier molecular flexibility index (Phi) is 4.63. The van der Waals surface area contributed by atoms with E-state index in [0.717, 1.165) is 11.6 Å². The summed E-state index contributed by atoms with van der Waals surface area (Å²) in [5.74, 6) is 1.89. The number of benzene rings is 1. The van der Waals surface area contributed by atoms with Crippen molar-refractivity contribution in [1.82, 2.24) is 19.7 Å². The predicted octanol–water partition coefficient (Wildman–Crippen LogP) is 3.70. The number of aromatic nitrogens is 3. The molecule has 0 saturated heterocycles. The molecule has 0 spiro atoms. The SMILES string of the molecule is C#Cc1cccc(C(C)(C)NC(=O)c2ncn3c(C)cc(C(F)(F)F)nc23)c1. The summed E-state index contributed by atoms with van der Waals surface area (Å²) in [5, 5.41) is 2.79. The number of terminal acetylenes is 1. The van der Waals surface area contributed by atoms with Gasteiger partial charge in [0.1, 0.15) is 12.0 Å². The lowest BCUT2D eigenvalue weighted by Crippen LogP contribution is -2.41. The molecule has 28 heavy (non-hydrogen) atoms. The molecule has 0 radical (unpaired) electrons. The van der Waals surface area contributed by atoms with Gasteiger partial charge in [0.15, 0.2) is 11.3 Å². The number of nitrogens with zero attached hydrogens (tertiary/aromatic N) is 3. The Hall–Kier alpha value is -3.34. The van der Waals surface area contributed by atoms with E-state index in [0.29, 0.717) is 5.56 Å². The van der Waals surface area contributed by atoms with Crippen molar-refractivity contribution in [3.05, 3.63) is 64.9 Å². The number of carbonyl (C=O) groups excluding carboxylic acids is 1. The fraction of sp³-hybridized carbons (Fsp3) is 0.250. The molecule has 0 unspecified atom stereocenters. The number of nitrogens with one attached hydrogen (secondary N) is 1. The molecule has 2 aromatic heterocycles. The van der Waals surface area contributed by atoms with Crippen LogP contribution in [-0.2, 0) is 11.7 Å². The van der Waals surface area contributed by atoms with Crippen molar-refractivity contribution in [3.63, 3.8) is 0 Å². The Labute approximate surface area is 159 Å². The van der Waals surface area contributed by atoms with E-state index in [-0.39, 0.29) is 17.0 Å². The van der Waals surface area contributed by atoms with Crippen molar-refractivity contribution < 1.29 is 18.0 Å². The molecule has 1 amide bonds. The van der Waals surface area contributed by atoms with E-state index in [4.69, 9.17) is 6.42 Å². The summed E-state index contributed by atoms with van der Waals surface area (Å²) < 4.78 is 40.6. The van der Waals surface area contributed by atoms with E-state index in [1.807, 2.05) is 0 Å². The third-order valence-electron chi connectivity index (χ3n) is 4.38. The van der Waals surface area contributed by atoms with E-state index >= 15 is 0 Å². The van der Waals surface area contributed by atoms with Crippen LogP contribution in [0, 0.1) is 19.3 Å². The van der Waals surface area contributed by atoms with Crippen molar-refractivity contribution in [2.24, 2.45) is 0 Å². The van der Waals surface area contributed by atoms with Crippen LogP contribution in [0.5, 0.6) is 0 Å². The second-order valence-electron chi connectivity index (χ2n) is 6.87. The van der Waals surface area contributed by atoms with Gasteiger partial charge in [-0.1, -0.05) is 18.1 Å². The maximum Gasteiger partial charge on any atom is 0.433 e. The zero-order valence-corrected chi connectivity index (χ0v) is 15.4. The summed E-state index contributed by atoms with van der Waals surface area (Å²) in [4.78, 5) is 20.4.